The second kappa shape index (κ2) is 4.03. The van der Waals surface area contributed by atoms with Crippen molar-refractivity contribution < 1.29 is 9.53 Å². The summed E-state index contributed by atoms with van der Waals surface area (Å²) in [5.74, 6) is 0.107. The van der Waals surface area contributed by atoms with Gasteiger partial charge in [-0.1, -0.05) is 30.3 Å². The van der Waals surface area contributed by atoms with E-state index in [1.54, 1.807) is 7.11 Å². The van der Waals surface area contributed by atoms with Gasteiger partial charge in [-0.2, -0.15) is 0 Å². The minimum atomic E-state index is -0.174. The van der Waals surface area contributed by atoms with Gasteiger partial charge in [0.15, 0.2) is 0 Å². The Bertz CT molecular complexity index is 350. The van der Waals surface area contributed by atoms with Gasteiger partial charge in [0.1, 0.15) is 0 Å². The Kier molecular flexibility index (Phi) is 2.73. The summed E-state index contributed by atoms with van der Waals surface area (Å²) in [4.78, 5) is 11.3. The maximum Gasteiger partial charge on any atom is 0.221 e. The van der Waals surface area contributed by atoms with Gasteiger partial charge >= 0.3 is 0 Å². The topological polar surface area (TPSA) is 38.3 Å². The molecule has 1 atom stereocenters. The van der Waals surface area contributed by atoms with E-state index < -0.39 is 0 Å². The van der Waals surface area contributed by atoms with Crippen LogP contribution in [0.25, 0.3) is 0 Å². The normalized spacial score (nSPS) is 25.3. The van der Waals surface area contributed by atoms with Crippen molar-refractivity contribution in [1.82, 2.24) is 5.32 Å². The van der Waals surface area contributed by atoms with E-state index in [0.29, 0.717) is 19.6 Å². The summed E-state index contributed by atoms with van der Waals surface area (Å²) in [5, 5.41) is 2.87. The van der Waals surface area contributed by atoms with Gasteiger partial charge in [-0.05, 0) is 5.56 Å². The highest BCUT2D eigenvalue weighted by Gasteiger charge is 2.39. The molecule has 1 amide bonds. The minimum absolute atomic E-state index is 0.107. The summed E-state index contributed by atoms with van der Waals surface area (Å²) >= 11 is 0. The number of rotatable bonds is 3. The lowest BCUT2D eigenvalue weighted by atomic mass is 9.80. The van der Waals surface area contributed by atoms with Crippen LogP contribution in [0.5, 0.6) is 0 Å². The monoisotopic (exact) mass is 205 g/mol. The van der Waals surface area contributed by atoms with Crippen LogP contribution in [0, 0.1) is 0 Å². The highest BCUT2D eigenvalue weighted by Crippen LogP contribution is 2.31. The maximum absolute atomic E-state index is 11.3. The molecule has 1 aliphatic rings. The van der Waals surface area contributed by atoms with Crippen LogP contribution in [-0.2, 0) is 14.9 Å². The molecule has 15 heavy (non-hydrogen) atoms. The summed E-state index contributed by atoms with van der Waals surface area (Å²) in [6.45, 7) is 1.25. The Morgan fingerprint density at radius 3 is 2.67 bits per heavy atom. The summed E-state index contributed by atoms with van der Waals surface area (Å²) in [5.41, 5.74) is 0.998. The first kappa shape index (κ1) is 10.2. The number of carbonyl (C=O) groups is 1. The zero-order valence-electron chi connectivity index (χ0n) is 8.82. The van der Waals surface area contributed by atoms with Gasteiger partial charge in [0.05, 0.1) is 6.61 Å². The number of hydrogen-bond acceptors (Lipinski definition) is 2. The minimum Gasteiger partial charge on any atom is -0.384 e. The van der Waals surface area contributed by atoms with Crippen molar-refractivity contribution in [2.45, 2.75) is 11.8 Å². The number of methoxy groups -OCH3 is 1. The first-order valence-corrected chi connectivity index (χ1v) is 5.08. The Hall–Kier alpha value is -1.35. The Balaban J connectivity index is 2.31. The van der Waals surface area contributed by atoms with Gasteiger partial charge < -0.3 is 10.1 Å². The van der Waals surface area contributed by atoms with Crippen LogP contribution < -0.4 is 5.32 Å². The number of nitrogens with one attached hydrogen (secondary N) is 1. The molecule has 1 unspecified atom stereocenters. The number of ether oxygens (including phenoxy) is 1. The van der Waals surface area contributed by atoms with E-state index >= 15 is 0 Å². The van der Waals surface area contributed by atoms with Crippen molar-refractivity contribution in [2.24, 2.45) is 0 Å². The van der Waals surface area contributed by atoms with Crippen LogP contribution in [-0.4, -0.2) is 26.2 Å². The van der Waals surface area contributed by atoms with Crippen molar-refractivity contribution in [2.75, 3.05) is 20.3 Å². The molecule has 1 aromatic rings. The molecule has 1 aromatic carbocycles. The molecule has 1 aliphatic heterocycles. The molecule has 0 radical (unpaired) electrons. The van der Waals surface area contributed by atoms with Crippen molar-refractivity contribution >= 4 is 5.91 Å². The molecule has 3 nitrogen and oxygen atoms in total. The molecule has 0 bridgehead atoms. The van der Waals surface area contributed by atoms with Gasteiger partial charge in [-0.15, -0.1) is 0 Å². The molecule has 0 aliphatic carbocycles. The van der Waals surface area contributed by atoms with Crippen molar-refractivity contribution in [1.29, 1.82) is 0 Å². The fraction of sp³-hybridized carbons (Fsp3) is 0.417. The quantitative estimate of drug-likeness (QED) is 0.802. The predicted octanol–water partition coefficient (Wildman–Crippen LogP) is 1.09. The number of amides is 1. The average molecular weight is 205 g/mol. The summed E-state index contributed by atoms with van der Waals surface area (Å²) in [7, 11) is 1.67. The lowest BCUT2D eigenvalue weighted by molar-refractivity contribution is -0.119. The van der Waals surface area contributed by atoms with E-state index in [4.69, 9.17) is 4.74 Å². The van der Waals surface area contributed by atoms with Gasteiger partial charge in [0, 0.05) is 25.5 Å². The fourth-order valence-corrected chi connectivity index (χ4v) is 2.16. The van der Waals surface area contributed by atoms with Crippen LogP contribution in [0.2, 0.25) is 0 Å². The van der Waals surface area contributed by atoms with Crippen molar-refractivity contribution in [3.8, 4) is 0 Å². The molecule has 1 N–H and O–H groups in total. The second-order valence-electron chi connectivity index (χ2n) is 4.03. The second-order valence-corrected chi connectivity index (χ2v) is 4.03. The third-order valence-corrected chi connectivity index (χ3v) is 2.93. The maximum atomic E-state index is 11.3. The standard InChI is InChI=1S/C12H15NO2/c1-15-9-12(7-11(14)13-8-12)10-5-3-2-4-6-10/h2-6H,7-9H2,1H3,(H,13,14). The van der Waals surface area contributed by atoms with E-state index in [1.807, 2.05) is 18.2 Å². The molecule has 1 fully saturated rings. The van der Waals surface area contributed by atoms with Crippen LogP contribution in [0.1, 0.15) is 12.0 Å². The van der Waals surface area contributed by atoms with Crippen molar-refractivity contribution in [3.05, 3.63) is 35.9 Å². The van der Waals surface area contributed by atoms with Crippen LogP contribution >= 0.6 is 0 Å². The van der Waals surface area contributed by atoms with E-state index in [2.05, 4.69) is 17.4 Å². The van der Waals surface area contributed by atoms with Gasteiger partial charge in [0.25, 0.3) is 0 Å². The number of benzene rings is 1. The largest absolute Gasteiger partial charge is 0.384 e. The van der Waals surface area contributed by atoms with Gasteiger partial charge in [-0.3, -0.25) is 4.79 Å². The van der Waals surface area contributed by atoms with Crippen molar-refractivity contribution in [3.63, 3.8) is 0 Å². The zero-order valence-corrected chi connectivity index (χ0v) is 8.82. The van der Waals surface area contributed by atoms with E-state index in [1.165, 1.54) is 5.56 Å². The molecule has 2 rings (SSSR count). The van der Waals surface area contributed by atoms with E-state index in [0.717, 1.165) is 0 Å². The zero-order chi connectivity index (χ0) is 10.7. The van der Waals surface area contributed by atoms with Crippen LogP contribution in [0.3, 0.4) is 0 Å². The van der Waals surface area contributed by atoms with Crippen LogP contribution in [0.15, 0.2) is 30.3 Å². The molecular formula is C12H15NO2. The van der Waals surface area contributed by atoms with E-state index in [9.17, 15) is 4.79 Å². The highest BCUT2D eigenvalue weighted by molar-refractivity contribution is 5.80. The summed E-state index contributed by atoms with van der Waals surface area (Å²) in [6, 6.07) is 10.1. The summed E-state index contributed by atoms with van der Waals surface area (Å²) < 4.78 is 5.24. The van der Waals surface area contributed by atoms with E-state index in [-0.39, 0.29) is 11.3 Å². The third-order valence-electron chi connectivity index (χ3n) is 2.93. The predicted molar refractivity (Wildman–Crippen MR) is 57.6 cm³/mol. The molecule has 3 heteroatoms. The first-order valence-electron chi connectivity index (χ1n) is 5.08. The lowest BCUT2D eigenvalue weighted by Gasteiger charge is -2.26. The lowest BCUT2D eigenvalue weighted by Crippen LogP contribution is -2.33. The van der Waals surface area contributed by atoms with Crippen LogP contribution in [0.4, 0.5) is 0 Å². The fourth-order valence-electron chi connectivity index (χ4n) is 2.16. The smallest absolute Gasteiger partial charge is 0.221 e. The third kappa shape index (κ3) is 1.88. The molecule has 0 aromatic heterocycles. The Morgan fingerprint density at radius 1 is 1.40 bits per heavy atom. The molecular weight excluding hydrogens is 190 g/mol. The Morgan fingerprint density at radius 2 is 2.13 bits per heavy atom. The van der Waals surface area contributed by atoms with Gasteiger partial charge in [0.2, 0.25) is 5.91 Å². The molecule has 0 spiro atoms. The molecule has 0 saturated carbocycles. The first-order chi connectivity index (χ1) is 7.27. The molecule has 1 saturated heterocycles. The summed E-state index contributed by atoms with van der Waals surface area (Å²) in [6.07, 6.45) is 0.519. The molecule has 80 valence electrons. The number of hydrogen-bond donors (Lipinski definition) is 1. The molecule has 1 heterocycles. The number of carbonyl (C=O) groups excluding carboxylic acids is 1. The SMILES string of the molecule is COCC1(c2ccccc2)CNC(=O)C1. The Labute approximate surface area is 89.4 Å². The highest BCUT2D eigenvalue weighted by atomic mass is 16.5. The average Bonchev–Trinajstić information content (AvgIpc) is 2.63. The van der Waals surface area contributed by atoms with Gasteiger partial charge in [-0.25, -0.2) is 0 Å².